The molecule has 0 spiro atoms. The van der Waals surface area contributed by atoms with Gasteiger partial charge in [-0.05, 0) is 23.8 Å². The van der Waals surface area contributed by atoms with Crippen LogP contribution in [0.3, 0.4) is 0 Å². The summed E-state index contributed by atoms with van der Waals surface area (Å²) < 4.78 is 44.9. The average Bonchev–Trinajstić information content (AvgIpc) is 2.83. The maximum atomic E-state index is 13.8. The molecule has 1 unspecified atom stereocenters. The number of H-pyrrole nitrogens is 1. The summed E-state index contributed by atoms with van der Waals surface area (Å²) in [6.45, 7) is 0. The van der Waals surface area contributed by atoms with E-state index < -0.39 is 28.0 Å². The fraction of sp³-hybridized carbons (Fsp3) is 0.0714. The number of aromatic amines is 1. The highest BCUT2D eigenvalue weighted by molar-refractivity contribution is 9.09. The van der Waals surface area contributed by atoms with Gasteiger partial charge >= 0.3 is 5.76 Å². The molecule has 0 bridgehead atoms. The Morgan fingerprint density at radius 2 is 1.86 bits per heavy atom. The number of benzene rings is 2. The number of oxazole rings is 1. The van der Waals surface area contributed by atoms with Gasteiger partial charge in [0.1, 0.15) is 0 Å². The maximum absolute atomic E-state index is 13.8. The molecule has 1 N–H and O–H groups in total. The Balaban J connectivity index is 2.09. The second kappa shape index (κ2) is 5.07. The molecule has 3 aromatic rings. The molecule has 7 heteroatoms. The second-order valence-electron chi connectivity index (χ2n) is 4.40. The Bertz CT molecular complexity index is 888. The van der Waals surface area contributed by atoms with Crippen LogP contribution in [0, 0.1) is 17.5 Å². The molecule has 1 aromatic heterocycles. The normalized spacial score (nSPS) is 12.8. The van der Waals surface area contributed by atoms with Crippen molar-refractivity contribution in [1.29, 1.82) is 0 Å². The summed E-state index contributed by atoms with van der Waals surface area (Å²) >= 11 is 3.24. The minimum Gasteiger partial charge on any atom is -0.408 e. The number of fused-ring (bicyclic) bond motifs is 1. The van der Waals surface area contributed by atoms with Gasteiger partial charge < -0.3 is 4.42 Å². The van der Waals surface area contributed by atoms with Gasteiger partial charge in [0, 0.05) is 5.56 Å². The molecule has 0 radical (unpaired) electrons. The fourth-order valence-electron chi connectivity index (χ4n) is 2.04. The van der Waals surface area contributed by atoms with E-state index in [2.05, 4.69) is 20.9 Å². The van der Waals surface area contributed by atoms with Gasteiger partial charge in [0.15, 0.2) is 23.0 Å². The van der Waals surface area contributed by atoms with Crippen molar-refractivity contribution in [3.05, 3.63) is 69.5 Å². The van der Waals surface area contributed by atoms with Crippen LogP contribution in [0.25, 0.3) is 11.1 Å². The van der Waals surface area contributed by atoms with Crippen LogP contribution in [-0.2, 0) is 0 Å². The molecule has 3 rings (SSSR count). The summed E-state index contributed by atoms with van der Waals surface area (Å²) in [5.41, 5.74) is 1.28. The maximum Gasteiger partial charge on any atom is 0.417 e. The number of hydrogen-bond donors (Lipinski definition) is 1. The van der Waals surface area contributed by atoms with E-state index in [4.69, 9.17) is 4.42 Å². The van der Waals surface area contributed by atoms with Gasteiger partial charge in [-0.2, -0.15) is 0 Å². The van der Waals surface area contributed by atoms with Crippen molar-refractivity contribution >= 4 is 27.0 Å². The predicted octanol–water partition coefficient (Wildman–Crippen LogP) is 4.02. The lowest BCUT2D eigenvalue weighted by Gasteiger charge is -2.12. The number of alkyl halides is 1. The molecule has 0 aliphatic rings. The van der Waals surface area contributed by atoms with E-state index in [1.165, 1.54) is 6.07 Å². The van der Waals surface area contributed by atoms with E-state index in [0.717, 1.165) is 12.1 Å². The van der Waals surface area contributed by atoms with Crippen LogP contribution in [0.15, 0.2) is 39.5 Å². The zero-order chi connectivity index (χ0) is 15.1. The lowest BCUT2D eigenvalue weighted by molar-refractivity contribution is 0.442. The molecule has 0 saturated carbocycles. The van der Waals surface area contributed by atoms with Gasteiger partial charge in [-0.1, -0.05) is 28.1 Å². The van der Waals surface area contributed by atoms with E-state index >= 15 is 0 Å². The first-order valence-electron chi connectivity index (χ1n) is 5.87. The molecule has 0 aliphatic carbocycles. The quantitative estimate of drug-likeness (QED) is 0.556. The van der Waals surface area contributed by atoms with Gasteiger partial charge in [0.05, 0.1) is 10.3 Å². The molecule has 0 saturated heterocycles. The molecule has 3 nitrogen and oxygen atoms in total. The zero-order valence-electron chi connectivity index (χ0n) is 10.3. The van der Waals surface area contributed by atoms with Crippen LogP contribution >= 0.6 is 15.9 Å². The smallest absolute Gasteiger partial charge is 0.408 e. The lowest BCUT2D eigenvalue weighted by atomic mass is 10.0. The molecular formula is C14H7BrF3NO2. The molecular weight excluding hydrogens is 351 g/mol. The number of halogens is 4. The first-order chi connectivity index (χ1) is 9.97. The van der Waals surface area contributed by atoms with E-state index in [0.29, 0.717) is 16.7 Å². The monoisotopic (exact) mass is 357 g/mol. The molecule has 1 atom stereocenters. The molecule has 2 aromatic carbocycles. The van der Waals surface area contributed by atoms with Crippen molar-refractivity contribution in [3.63, 3.8) is 0 Å². The first-order valence-corrected chi connectivity index (χ1v) is 6.79. The molecule has 0 fully saturated rings. The summed E-state index contributed by atoms with van der Waals surface area (Å²) in [5.74, 6) is -4.63. The van der Waals surface area contributed by atoms with Gasteiger partial charge in [-0.3, -0.25) is 4.98 Å². The number of hydrogen-bond acceptors (Lipinski definition) is 2. The van der Waals surface area contributed by atoms with Crippen molar-refractivity contribution in [2.45, 2.75) is 4.83 Å². The topological polar surface area (TPSA) is 46.0 Å². The van der Waals surface area contributed by atoms with Crippen LogP contribution in [-0.4, -0.2) is 4.98 Å². The van der Waals surface area contributed by atoms with Gasteiger partial charge in [-0.25, -0.2) is 18.0 Å². The summed E-state index contributed by atoms with van der Waals surface area (Å²) in [6, 6.07) is 6.74. The Hall–Kier alpha value is -2.02. The molecule has 1 heterocycles. The Labute approximate surface area is 124 Å². The SMILES string of the molecule is O=c1[nH]c2ccc(C(Br)c3ccc(F)c(F)c3F)cc2o1. The Kier molecular flexibility index (Phi) is 3.36. The highest BCUT2D eigenvalue weighted by atomic mass is 79.9. The Morgan fingerprint density at radius 1 is 1.10 bits per heavy atom. The summed E-state index contributed by atoms with van der Waals surface area (Å²) in [5, 5.41) is 0. The third-order valence-corrected chi connectivity index (χ3v) is 4.10. The second-order valence-corrected chi connectivity index (χ2v) is 5.31. The highest BCUT2D eigenvalue weighted by Gasteiger charge is 2.20. The third kappa shape index (κ3) is 2.37. The first kappa shape index (κ1) is 13.9. The van der Waals surface area contributed by atoms with Crippen molar-refractivity contribution in [3.8, 4) is 0 Å². The molecule has 0 amide bonds. The zero-order valence-corrected chi connectivity index (χ0v) is 11.9. The minimum absolute atomic E-state index is 0.0499. The van der Waals surface area contributed by atoms with E-state index in [9.17, 15) is 18.0 Å². The lowest BCUT2D eigenvalue weighted by Crippen LogP contribution is -2.01. The van der Waals surface area contributed by atoms with Crippen molar-refractivity contribution in [1.82, 2.24) is 4.98 Å². The van der Waals surface area contributed by atoms with Crippen LogP contribution in [0.2, 0.25) is 0 Å². The summed E-state index contributed by atoms with van der Waals surface area (Å²) in [7, 11) is 0. The van der Waals surface area contributed by atoms with Crippen molar-refractivity contribution in [2.24, 2.45) is 0 Å². The fourth-order valence-corrected chi connectivity index (χ4v) is 2.67. The number of aromatic nitrogens is 1. The number of rotatable bonds is 2. The van der Waals surface area contributed by atoms with Gasteiger partial charge in [0.25, 0.3) is 0 Å². The van der Waals surface area contributed by atoms with Crippen molar-refractivity contribution in [2.75, 3.05) is 0 Å². The molecule has 21 heavy (non-hydrogen) atoms. The third-order valence-electron chi connectivity index (χ3n) is 3.08. The average molecular weight is 358 g/mol. The number of nitrogens with one attached hydrogen (secondary N) is 1. The summed E-state index contributed by atoms with van der Waals surface area (Å²) in [6.07, 6.45) is 0. The van der Waals surface area contributed by atoms with Crippen LogP contribution in [0.1, 0.15) is 16.0 Å². The minimum atomic E-state index is -1.52. The predicted molar refractivity (Wildman–Crippen MR) is 73.9 cm³/mol. The van der Waals surface area contributed by atoms with E-state index in [-0.39, 0.29) is 5.56 Å². The molecule has 0 aliphatic heterocycles. The van der Waals surface area contributed by atoms with E-state index in [1.54, 1.807) is 12.1 Å². The Morgan fingerprint density at radius 3 is 2.62 bits per heavy atom. The van der Waals surface area contributed by atoms with Gasteiger partial charge in [-0.15, -0.1) is 0 Å². The highest BCUT2D eigenvalue weighted by Crippen LogP contribution is 2.34. The van der Waals surface area contributed by atoms with Crippen LogP contribution in [0.4, 0.5) is 13.2 Å². The molecule has 108 valence electrons. The largest absolute Gasteiger partial charge is 0.417 e. The standard InChI is InChI=1S/C14H7BrF3NO2/c15-11(7-2-3-8(16)13(18)12(7)17)6-1-4-9-10(5-6)21-14(20)19-9/h1-5,11H,(H,19,20). The van der Waals surface area contributed by atoms with Crippen LogP contribution < -0.4 is 5.76 Å². The van der Waals surface area contributed by atoms with Crippen LogP contribution in [0.5, 0.6) is 0 Å². The van der Waals surface area contributed by atoms with E-state index in [1.807, 2.05) is 0 Å². The summed E-state index contributed by atoms with van der Waals surface area (Å²) in [4.78, 5) is 12.9. The van der Waals surface area contributed by atoms with Crippen molar-refractivity contribution < 1.29 is 17.6 Å². The van der Waals surface area contributed by atoms with Gasteiger partial charge in [0.2, 0.25) is 0 Å².